The van der Waals surface area contributed by atoms with Crippen LogP contribution in [0.3, 0.4) is 0 Å². The fraction of sp³-hybridized carbons (Fsp3) is 0.333. The van der Waals surface area contributed by atoms with Crippen molar-refractivity contribution in [2.75, 3.05) is 6.26 Å². The van der Waals surface area contributed by atoms with Crippen LogP contribution in [-0.4, -0.2) is 16.2 Å². The molecule has 0 unspecified atom stereocenters. The van der Waals surface area contributed by atoms with Gasteiger partial charge in [-0.2, -0.15) is 3.89 Å². The quantitative estimate of drug-likeness (QED) is 0.417. The number of benzene rings is 1. The summed E-state index contributed by atoms with van der Waals surface area (Å²) < 4.78 is 26.5. The van der Waals surface area contributed by atoms with Gasteiger partial charge in [-0.1, -0.05) is 37.2 Å². The van der Waals surface area contributed by atoms with Gasteiger partial charge in [-0.3, -0.25) is 0 Å². The number of nitrogens with zero attached hydrogens (tertiary/aromatic N) is 2. The third kappa shape index (κ3) is 3.30. The number of aryl methyl sites for hydroxylation is 1. The second kappa shape index (κ2) is 7.26. The lowest BCUT2D eigenvalue weighted by molar-refractivity contribution is 0.607. The second-order valence-corrected chi connectivity index (χ2v) is 5.03. The predicted molar refractivity (Wildman–Crippen MR) is 79.3 cm³/mol. The van der Waals surface area contributed by atoms with Gasteiger partial charge < -0.3 is 0 Å². The van der Waals surface area contributed by atoms with Gasteiger partial charge in [0.25, 0.3) is 0 Å². The van der Waals surface area contributed by atoms with Crippen LogP contribution in [0.1, 0.15) is 19.4 Å². The minimum Gasteiger partial charge on any atom is -0.219 e. The van der Waals surface area contributed by atoms with Crippen molar-refractivity contribution >= 4 is 46.4 Å². The van der Waals surface area contributed by atoms with E-state index in [9.17, 15) is 8.28 Å². The summed E-state index contributed by atoms with van der Waals surface area (Å²) in [6.45, 7) is 5.72. The average molecular weight is 323 g/mol. The Bertz CT molecular complexity index is 585. The molecule has 0 bridgehead atoms. The molecule has 7 heteroatoms. The number of thioether (sulfide) groups is 1. The number of halogens is 3. The van der Waals surface area contributed by atoms with E-state index in [1.807, 2.05) is 13.8 Å². The molecular formula is C12H13ClF2N2S2. The molecule has 19 heavy (non-hydrogen) atoms. The first-order valence-corrected chi connectivity index (χ1v) is 7.89. The molecule has 0 N–H and O–H groups in total. The van der Waals surface area contributed by atoms with Gasteiger partial charge in [0.2, 0.25) is 0 Å². The Kier molecular flexibility index (Phi) is 6.29. The monoisotopic (exact) mass is 322 g/mol. The number of rotatable bonds is 2. The van der Waals surface area contributed by atoms with E-state index in [0.717, 1.165) is 0 Å². The van der Waals surface area contributed by atoms with Crippen LogP contribution in [0.25, 0.3) is 10.9 Å². The van der Waals surface area contributed by atoms with Crippen molar-refractivity contribution in [2.45, 2.75) is 30.8 Å². The first-order chi connectivity index (χ1) is 9.08. The maximum atomic E-state index is 13.9. The van der Waals surface area contributed by atoms with Crippen LogP contribution in [-0.2, 0) is 0 Å². The van der Waals surface area contributed by atoms with Crippen LogP contribution in [0.2, 0.25) is 5.15 Å². The first kappa shape index (κ1) is 16.5. The minimum absolute atomic E-state index is 0.0644. The molecule has 0 amide bonds. The Hall–Kier alpha value is -0.590. The highest BCUT2D eigenvalue weighted by Crippen LogP contribution is 2.34. The molecule has 104 valence electrons. The number of hydrogen-bond acceptors (Lipinski definition) is 4. The molecule has 0 saturated carbocycles. The van der Waals surface area contributed by atoms with Crippen molar-refractivity contribution in [3.63, 3.8) is 0 Å². The summed E-state index contributed by atoms with van der Waals surface area (Å²) >= 11 is 7.09. The van der Waals surface area contributed by atoms with Crippen LogP contribution in [0.4, 0.5) is 8.28 Å². The molecule has 0 radical (unpaired) electrons. The van der Waals surface area contributed by atoms with E-state index in [4.69, 9.17) is 11.6 Å². The molecule has 0 aliphatic rings. The van der Waals surface area contributed by atoms with Crippen LogP contribution < -0.4 is 0 Å². The lowest BCUT2D eigenvalue weighted by Gasteiger charge is -2.08. The van der Waals surface area contributed by atoms with E-state index in [2.05, 4.69) is 9.97 Å². The van der Waals surface area contributed by atoms with Gasteiger partial charge in [0.15, 0.2) is 11.0 Å². The van der Waals surface area contributed by atoms with Gasteiger partial charge in [-0.15, -0.1) is 0 Å². The van der Waals surface area contributed by atoms with Crippen LogP contribution >= 0.6 is 35.5 Å². The third-order valence-electron chi connectivity index (χ3n) is 2.28. The van der Waals surface area contributed by atoms with Crippen LogP contribution in [0.15, 0.2) is 16.1 Å². The summed E-state index contributed by atoms with van der Waals surface area (Å²) in [4.78, 5) is 7.98. The molecule has 0 saturated heterocycles. The average Bonchev–Trinajstić information content (AvgIpc) is 2.44. The largest absolute Gasteiger partial charge is 0.219 e. The van der Waals surface area contributed by atoms with E-state index in [-0.39, 0.29) is 27.7 Å². The molecule has 0 aliphatic carbocycles. The van der Waals surface area contributed by atoms with E-state index in [1.54, 1.807) is 13.2 Å². The van der Waals surface area contributed by atoms with E-state index in [1.165, 1.54) is 17.8 Å². The summed E-state index contributed by atoms with van der Waals surface area (Å²) in [6.07, 6.45) is 1.76. The minimum atomic E-state index is -0.697. The van der Waals surface area contributed by atoms with Crippen molar-refractivity contribution in [1.82, 2.24) is 9.97 Å². The van der Waals surface area contributed by atoms with Gasteiger partial charge in [-0.05, 0) is 24.8 Å². The highest BCUT2D eigenvalue weighted by atomic mass is 35.5. The molecule has 0 fully saturated rings. The lowest BCUT2D eigenvalue weighted by Crippen LogP contribution is -1.96. The third-order valence-corrected chi connectivity index (χ3v) is 3.56. The number of fused-ring (bicyclic) bond motifs is 1. The smallest absolute Gasteiger partial charge is 0.189 e. The highest BCUT2D eigenvalue weighted by Gasteiger charge is 2.16. The molecule has 2 rings (SSSR count). The van der Waals surface area contributed by atoms with Gasteiger partial charge in [-0.25, -0.2) is 14.4 Å². The maximum Gasteiger partial charge on any atom is 0.189 e. The standard InChI is InChI=1S/C10H7ClF2N2S2.C2H6/c1-4-3-5(17-13)7(12)8-6(4)9(11)15-10(14-8)16-2;1-2/h3H,1-2H3;1-2H3. The SMILES string of the molecule is CC.CSc1nc(Cl)c2c(C)cc(SF)c(F)c2n1. The first-order valence-electron chi connectivity index (χ1n) is 5.57. The summed E-state index contributed by atoms with van der Waals surface area (Å²) in [6, 6.07) is 1.40. The highest BCUT2D eigenvalue weighted by molar-refractivity contribution is 7.98. The topological polar surface area (TPSA) is 25.8 Å². The Morgan fingerprint density at radius 3 is 2.42 bits per heavy atom. The number of aromatic nitrogens is 2. The molecule has 0 atom stereocenters. The Morgan fingerprint density at radius 1 is 1.26 bits per heavy atom. The van der Waals surface area contributed by atoms with Gasteiger partial charge >= 0.3 is 0 Å². The Balaban J connectivity index is 0.000000861. The van der Waals surface area contributed by atoms with Gasteiger partial charge in [0.1, 0.15) is 10.7 Å². The Morgan fingerprint density at radius 2 is 1.89 bits per heavy atom. The predicted octanol–water partition coefficient (Wildman–Crippen LogP) is 5.46. The molecule has 2 aromatic rings. The van der Waals surface area contributed by atoms with Crippen molar-refractivity contribution in [3.05, 3.63) is 22.6 Å². The zero-order valence-electron chi connectivity index (χ0n) is 10.9. The fourth-order valence-corrected chi connectivity index (χ4v) is 2.64. The Labute approximate surface area is 124 Å². The lowest BCUT2D eigenvalue weighted by atomic mass is 10.1. The van der Waals surface area contributed by atoms with Gasteiger partial charge in [0, 0.05) is 5.39 Å². The summed E-state index contributed by atoms with van der Waals surface area (Å²) in [5, 5.41) is 0.979. The van der Waals surface area contributed by atoms with Crippen molar-refractivity contribution in [2.24, 2.45) is 0 Å². The summed E-state index contributed by atoms with van der Waals surface area (Å²) in [5.41, 5.74) is 0.716. The van der Waals surface area contributed by atoms with E-state index >= 15 is 0 Å². The van der Waals surface area contributed by atoms with Crippen molar-refractivity contribution < 1.29 is 8.28 Å². The molecular weight excluding hydrogens is 310 g/mol. The zero-order chi connectivity index (χ0) is 14.6. The normalized spacial score (nSPS) is 10.3. The summed E-state index contributed by atoms with van der Waals surface area (Å²) in [7, 11) is 0. The molecule has 1 aromatic carbocycles. The van der Waals surface area contributed by atoms with E-state index in [0.29, 0.717) is 16.1 Å². The number of hydrogen-bond donors (Lipinski definition) is 0. The molecule has 0 aliphatic heterocycles. The van der Waals surface area contributed by atoms with E-state index < -0.39 is 5.82 Å². The second-order valence-electron chi connectivity index (χ2n) is 3.31. The zero-order valence-corrected chi connectivity index (χ0v) is 13.3. The maximum absolute atomic E-state index is 13.9. The fourth-order valence-electron chi connectivity index (χ4n) is 1.52. The summed E-state index contributed by atoms with van der Waals surface area (Å²) in [5.74, 6) is -0.697. The molecule has 0 spiro atoms. The van der Waals surface area contributed by atoms with Crippen LogP contribution in [0, 0.1) is 12.7 Å². The van der Waals surface area contributed by atoms with Gasteiger partial charge in [0.05, 0.1) is 17.0 Å². The van der Waals surface area contributed by atoms with Crippen molar-refractivity contribution in [1.29, 1.82) is 0 Å². The molecule has 1 heterocycles. The van der Waals surface area contributed by atoms with Crippen LogP contribution in [0.5, 0.6) is 0 Å². The molecule has 2 nitrogen and oxygen atoms in total. The molecule has 1 aromatic heterocycles. The van der Waals surface area contributed by atoms with Crippen molar-refractivity contribution in [3.8, 4) is 0 Å².